The molecular weight excluding hydrogens is 277 g/mol. The van der Waals surface area contributed by atoms with E-state index in [0.717, 1.165) is 16.1 Å². The molecule has 1 aromatic heterocycles. The molecule has 0 amide bonds. The van der Waals surface area contributed by atoms with E-state index >= 15 is 0 Å². The second-order valence-corrected chi connectivity index (χ2v) is 4.46. The second kappa shape index (κ2) is 3.77. The lowest BCUT2D eigenvalue weighted by atomic mass is 10.5. The Morgan fingerprint density at radius 3 is 2.54 bits per heavy atom. The largest absolute Gasteiger partial charge is 0.338 e. The van der Waals surface area contributed by atoms with Gasteiger partial charge in [-0.3, -0.25) is 0 Å². The number of rotatable bonds is 3. The van der Waals surface area contributed by atoms with E-state index in [-0.39, 0.29) is 0 Å². The third-order valence-electron chi connectivity index (χ3n) is 2.19. The Kier molecular flexibility index (Phi) is 2.66. The summed E-state index contributed by atoms with van der Waals surface area (Å²) in [6.07, 6.45) is 6.33. The maximum Gasteiger partial charge on any atom is 0.225 e. The Balaban J connectivity index is 2.17. The first-order valence-electron chi connectivity index (χ1n) is 4.55. The predicted octanol–water partition coefficient (Wildman–Crippen LogP) is 2.07. The minimum absolute atomic E-state index is 0.699. The molecule has 0 saturated heterocycles. The maximum atomic E-state index is 4.32. The molecule has 70 valence electrons. The number of hydrogen-bond donors (Lipinski definition) is 0. The van der Waals surface area contributed by atoms with Crippen LogP contribution in [-0.4, -0.2) is 22.6 Å². The fourth-order valence-electron chi connectivity index (χ4n) is 1.40. The van der Waals surface area contributed by atoms with Gasteiger partial charge in [0.2, 0.25) is 5.95 Å². The summed E-state index contributed by atoms with van der Waals surface area (Å²) in [5.41, 5.74) is 0. The molecule has 1 aliphatic rings. The van der Waals surface area contributed by atoms with Crippen LogP contribution in [0.25, 0.3) is 0 Å². The van der Waals surface area contributed by atoms with Gasteiger partial charge in [0, 0.05) is 28.6 Å². The highest BCUT2D eigenvalue weighted by Gasteiger charge is 2.29. The molecule has 0 radical (unpaired) electrons. The molecule has 13 heavy (non-hydrogen) atoms. The Hall–Kier alpha value is -0.390. The van der Waals surface area contributed by atoms with E-state index in [4.69, 9.17) is 0 Å². The summed E-state index contributed by atoms with van der Waals surface area (Å²) < 4.78 is 1.09. The summed E-state index contributed by atoms with van der Waals surface area (Å²) >= 11 is 2.22. The van der Waals surface area contributed by atoms with Crippen molar-refractivity contribution in [3.05, 3.63) is 16.0 Å². The number of hydrogen-bond acceptors (Lipinski definition) is 3. The highest BCUT2D eigenvalue weighted by molar-refractivity contribution is 14.1. The zero-order valence-corrected chi connectivity index (χ0v) is 9.73. The lowest BCUT2D eigenvalue weighted by molar-refractivity contribution is 0.785. The van der Waals surface area contributed by atoms with E-state index in [1.807, 2.05) is 12.4 Å². The van der Waals surface area contributed by atoms with Crippen LogP contribution in [0.5, 0.6) is 0 Å². The van der Waals surface area contributed by atoms with E-state index in [0.29, 0.717) is 6.04 Å². The van der Waals surface area contributed by atoms with Gasteiger partial charge in [0.15, 0.2) is 0 Å². The highest BCUT2D eigenvalue weighted by Crippen LogP contribution is 2.29. The SMILES string of the molecule is CCN(c1ncc(I)cn1)C1CC1. The van der Waals surface area contributed by atoms with Crippen molar-refractivity contribution in [1.82, 2.24) is 9.97 Å². The minimum Gasteiger partial charge on any atom is -0.338 e. The molecule has 0 N–H and O–H groups in total. The van der Waals surface area contributed by atoms with Gasteiger partial charge in [-0.25, -0.2) is 9.97 Å². The van der Waals surface area contributed by atoms with Crippen molar-refractivity contribution in [2.75, 3.05) is 11.4 Å². The highest BCUT2D eigenvalue weighted by atomic mass is 127. The van der Waals surface area contributed by atoms with Gasteiger partial charge in [-0.2, -0.15) is 0 Å². The van der Waals surface area contributed by atoms with Gasteiger partial charge in [-0.15, -0.1) is 0 Å². The quantitative estimate of drug-likeness (QED) is 0.798. The first-order valence-corrected chi connectivity index (χ1v) is 5.63. The molecule has 1 aromatic rings. The molecule has 1 heterocycles. The van der Waals surface area contributed by atoms with Gasteiger partial charge in [0.05, 0.1) is 0 Å². The van der Waals surface area contributed by atoms with Gasteiger partial charge in [-0.05, 0) is 42.4 Å². The van der Waals surface area contributed by atoms with Crippen LogP contribution in [0.1, 0.15) is 19.8 Å². The Morgan fingerprint density at radius 1 is 1.46 bits per heavy atom. The van der Waals surface area contributed by atoms with E-state index in [9.17, 15) is 0 Å². The summed E-state index contributed by atoms with van der Waals surface area (Å²) in [4.78, 5) is 10.9. The van der Waals surface area contributed by atoms with E-state index in [1.165, 1.54) is 12.8 Å². The standard InChI is InChI=1S/C9H12IN3/c1-2-13(8-3-4-8)9-11-5-7(10)6-12-9/h5-6,8H,2-4H2,1H3. The molecule has 3 nitrogen and oxygen atoms in total. The first-order chi connectivity index (χ1) is 6.31. The third-order valence-corrected chi connectivity index (χ3v) is 2.75. The van der Waals surface area contributed by atoms with Crippen molar-refractivity contribution in [2.24, 2.45) is 0 Å². The monoisotopic (exact) mass is 289 g/mol. The molecule has 0 bridgehead atoms. The van der Waals surface area contributed by atoms with Crippen LogP contribution in [0.15, 0.2) is 12.4 Å². The first kappa shape index (κ1) is 9.18. The van der Waals surface area contributed by atoms with Crippen molar-refractivity contribution in [3.8, 4) is 0 Å². The molecular formula is C9H12IN3. The smallest absolute Gasteiger partial charge is 0.225 e. The summed E-state index contributed by atoms with van der Waals surface area (Å²) in [6.45, 7) is 3.16. The van der Waals surface area contributed by atoms with Crippen LogP contribution in [0.3, 0.4) is 0 Å². The molecule has 0 aromatic carbocycles. The molecule has 1 fully saturated rings. The van der Waals surface area contributed by atoms with E-state index in [1.54, 1.807) is 0 Å². The van der Waals surface area contributed by atoms with Crippen LogP contribution >= 0.6 is 22.6 Å². The van der Waals surface area contributed by atoms with Gasteiger partial charge in [-0.1, -0.05) is 0 Å². The number of aromatic nitrogens is 2. The van der Waals surface area contributed by atoms with Crippen molar-refractivity contribution < 1.29 is 0 Å². The number of nitrogens with zero attached hydrogens (tertiary/aromatic N) is 3. The molecule has 4 heteroatoms. The average molecular weight is 289 g/mol. The Bertz CT molecular complexity index is 281. The minimum atomic E-state index is 0.699. The van der Waals surface area contributed by atoms with Crippen LogP contribution in [0, 0.1) is 3.57 Å². The summed E-state index contributed by atoms with van der Waals surface area (Å²) in [7, 11) is 0. The summed E-state index contributed by atoms with van der Waals surface area (Å²) in [5, 5.41) is 0. The van der Waals surface area contributed by atoms with Gasteiger partial charge in [0.1, 0.15) is 0 Å². The Labute approximate surface area is 91.7 Å². The molecule has 0 atom stereocenters. The lowest BCUT2D eigenvalue weighted by Crippen LogP contribution is -2.26. The van der Waals surface area contributed by atoms with Gasteiger partial charge >= 0.3 is 0 Å². The van der Waals surface area contributed by atoms with Crippen molar-refractivity contribution in [2.45, 2.75) is 25.8 Å². The average Bonchev–Trinajstić information content (AvgIpc) is 2.93. The van der Waals surface area contributed by atoms with Crippen LogP contribution in [0.2, 0.25) is 0 Å². The zero-order valence-electron chi connectivity index (χ0n) is 7.57. The number of anilines is 1. The summed E-state index contributed by atoms with van der Waals surface area (Å²) in [6, 6.07) is 0.699. The van der Waals surface area contributed by atoms with Crippen LogP contribution in [0.4, 0.5) is 5.95 Å². The Morgan fingerprint density at radius 2 is 2.08 bits per heavy atom. The van der Waals surface area contributed by atoms with E-state index in [2.05, 4.69) is 44.4 Å². The van der Waals surface area contributed by atoms with Crippen LogP contribution < -0.4 is 4.90 Å². The second-order valence-electron chi connectivity index (χ2n) is 3.22. The molecule has 0 spiro atoms. The van der Waals surface area contributed by atoms with Gasteiger partial charge in [0.25, 0.3) is 0 Å². The number of halogens is 1. The van der Waals surface area contributed by atoms with Gasteiger partial charge < -0.3 is 4.90 Å². The zero-order chi connectivity index (χ0) is 9.26. The maximum absolute atomic E-state index is 4.32. The fraction of sp³-hybridized carbons (Fsp3) is 0.556. The van der Waals surface area contributed by atoms with Crippen molar-refractivity contribution in [1.29, 1.82) is 0 Å². The molecule has 1 saturated carbocycles. The lowest BCUT2D eigenvalue weighted by Gasteiger charge is -2.19. The molecule has 2 rings (SSSR count). The van der Waals surface area contributed by atoms with Crippen molar-refractivity contribution >= 4 is 28.5 Å². The van der Waals surface area contributed by atoms with Crippen molar-refractivity contribution in [3.63, 3.8) is 0 Å². The topological polar surface area (TPSA) is 29.0 Å². The van der Waals surface area contributed by atoms with Crippen LogP contribution in [-0.2, 0) is 0 Å². The molecule has 1 aliphatic carbocycles. The molecule has 0 aliphatic heterocycles. The molecule has 0 unspecified atom stereocenters. The fourth-order valence-corrected chi connectivity index (χ4v) is 1.68. The third kappa shape index (κ3) is 2.10. The summed E-state index contributed by atoms with van der Waals surface area (Å²) in [5.74, 6) is 0.880. The normalized spacial score (nSPS) is 15.8. The van der Waals surface area contributed by atoms with E-state index < -0.39 is 0 Å². The predicted molar refractivity (Wildman–Crippen MR) is 60.8 cm³/mol.